The third kappa shape index (κ3) is 4.01. The number of carbonyl (C=O) groups is 1. The molecule has 1 unspecified atom stereocenters. The first-order valence-corrected chi connectivity index (χ1v) is 7.87. The molecule has 2 aromatic rings. The Morgan fingerprint density at radius 1 is 1.29 bits per heavy atom. The Morgan fingerprint density at radius 3 is 2.92 bits per heavy atom. The van der Waals surface area contributed by atoms with Gasteiger partial charge in [0.05, 0.1) is 6.54 Å². The number of likely N-dealkylation sites (tertiary alicyclic amines) is 1. The Bertz CT molecular complexity index is 723. The predicted molar refractivity (Wildman–Crippen MR) is 86.5 cm³/mol. The highest BCUT2D eigenvalue weighted by atomic mass is 19.1. The topological polar surface area (TPSA) is 51.7 Å². The average Bonchev–Trinajstić information content (AvgIpc) is 3.02. The molecule has 6 heteroatoms. The van der Waals surface area contributed by atoms with Crippen molar-refractivity contribution in [2.45, 2.75) is 19.4 Å². The van der Waals surface area contributed by atoms with Crippen LogP contribution in [0.1, 0.15) is 12.1 Å². The normalized spacial score (nSPS) is 16.9. The first-order chi connectivity index (χ1) is 11.6. The fourth-order valence-corrected chi connectivity index (χ4v) is 2.60. The second-order valence-electron chi connectivity index (χ2n) is 5.70. The second kappa shape index (κ2) is 7.29. The number of halogens is 1. The average molecular weight is 330 g/mol. The van der Waals surface area contributed by atoms with Gasteiger partial charge in [0.15, 0.2) is 18.2 Å². The van der Waals surface area contributed by atoms with Crippen molar-refractivity contribution in [2.24, 2.45) is 0 Å². The van der Waals surface area contributed by atoms with Crippen molar-refractivity contribution in [3.8, 4) is 11.6 Å². The minimum atomic E-state index is -0.474. The molecule has 1 amide bonds. The number of amides is 1. The van der Waals surface area contributed by atoms with Crippen LogP contribution in [0.2, 0.25) is 0 Å². The Labute approximate surface area is 140 Å². The lowest BCUT2D eigenvalue weighted by molar-refractivity contribution is -0.132. The van der Waals surface area contributed by atoms with Gasteiger partial charge in [0, 0.05) is 24.7 Å². The first-order valence-electron chi connectivity index (χ1n) is 7.87. The zero-order chi connectivity index (χ0) is 16.9. The second-order valence-corrected chi connectivity index (χ2v) is 5.70. The van der Waals surface area contributed by atoms with Crippen molar-refractivity contribution in [1.29, 1.82) is 0 Å². The highest BCUT2D eigenvalue weighted by Gasteiger charge is 2.28. The number of aryl methyl sites for hydroxylation is 1. The van der Waals surface area contributed by atoms with E-state index in [1.807, 2.05) is 19.1 Å². The van der Waals surface area contributed by atoms with Crippen LogP contribution >= 0.6 is 0 Å². The maximum absolute atomic E-state index is 13.5. The summed E-state index contributed by atoms with van der Waals surface area (Å²) in [6.45, 7) is 2.79. The quantitative estimate of drug-likeness (QED) is 0.845. The molecule has 1 aromatic carbocycles. The van der Waals surface area contributed by atoms with Gasteiger partial charge in [-0.15, -0.1) is 0 Å². The van der Waals surface area contributed by atoms with Gasteiger partial charge in [0.25, 0.3) is 5.91 Å². The molecular formula is C18H19FN2O3. The van der Waals surface area contributed by atoms with E-state index in [4.69, 9.17) is 9.47 Å². The third-order valence-electron chi connectivity index (χ3n) is 3.84. The number of nitrogens with zero attached hydrogens (tertiary/aromatic N) is 2. The lowest BCUT2D eigenvalue weighted by Gasteiger charge is -2.17. The van der Waals surface area contributed by atoms with Crippen molar-refractivity contribution in [3.05, 3.63) is 54.0 Å². The summed E-state index contributed by atoms with van der Waals surface area (Å²) in [6, 6.07) is 11.6. The fraction of sp³-hybridized carbons (Fsp3) is 0.333. The maximum atomic E-state index is 13.5. The van der Waals surface area contributed by atoms with Gasteiger partial charge in [0.1, 0.15) is 6.10 Å². The van der Waals surface area contributed by atoms with Crippen molar-refractivity contribution in [2.75, 3.05) is 19.7 Å². The van der Waals surface area contributed by atoms with Gasteiger partial charge in [-0.3, -0.25) is 4.79 Å². The number of carbonyl (C=O) groups excluding carboxylic acids is 1. The van der Waals surface area contributed by atoms with Gasteiger partial charge >= 0.3 is 0 Å². The van der Waals surface area contributed by atoms with E-state index >= 15 is 0 Å². The molecule has 126 valence electrons. The van der Waals surface area contributed by atoms with Crippen molar-refractivity contribution >= 4 is 5.91 Å². The number of rotatable bonds is 5. The lowest BCUT2D eigenvalue weighted by Crippen LogP contribution is -2.34. The van der Waals surface area contributed by atoms with E-state index in [0.29, 0.717) is 19.0 Å². The van der Waals surface area contributed by atoms with E-state index in [1.165, 1.54) is 12.1 Å². The summed E-state index contributed by atoms with van der Waals surface area (Å²) in [5, 5.41) is 0. The summed E-state index contributed by atoms with van der Waals surface area (Å²) in [5.41, 5.74) is 0.886. The maximum Gasteiger partial charge on any atom is 0.260 e. The van der Waals surface area contributed by atoms with Crippen LogP contribution in [-0.2, 0) is 4.79 Å². The smallest absolute Gasteiger partial charge is 0.260 e. The van der Waals surface area contributed by atoms with Gasteiger partial charge in [0.2, 0.25) is 5.88 Å². The Balaban J connectivity index is 1.50. The number of hydrogen-bond acceptors (Lipinski definition) is 4. The Morgan fingerprint density at radius 2 is 2.12 bits per heavy atom. The molecule has 0 saturated carbocycles. The zero-order valence-corrected chi connectivity index (χ0v) is 13.4. The highest BCUT2D eigenvalue weighted by molar-refractivity contribution is 5.78. The monoisotopic (exact) mass is 330 g/mol. The molecule has 0 aliphatic carbocycles. The third-order valence-corrected chi connectivity index (χ3v) is 3.84. The van der Waals surface area contributed by atoms with E-state index in [9.17, 15) is 9.18 Å². The molecule has 1 aromatic heterocycles. The summed E-state index contributed by atoms with van der Waals surface area (Å²) in [6.07, 6.45) is 0.651. The van der Waals surface area contributed by atoms with Crippen LogP contribution in [0, 0.1) is 12.7 Å². The molecule has 0 spiro atoms. The van der Waals surface area contributed by atoms with Crippen molar-refractivity contribution in [3.63, 3.8) is 0 Å². The van der Waals surface area contributed by atoms with Gasteiger partial charge in [-0.1, -0.05) is 18.2 Å². The van der Waals surface area contributed by atoms with Gasteiger partial charge < -0.3 is 14.4 Å². The SMILES string of the molecule is Cc1cccc(OC2CCN(C(=O)COc3ccccc3F)C2)n1. The molecule has 5 nitrogen and oxygen atoms in total. The number of ether oxygens (including phenoxy) is 2. The number of hydrogen-bond donors (Lipinski definition) is 0. The molecule has 24 heavy (non-hydrogen) atoms. The molecule has 1 saturated heterocycles. The number of para-hydroxylation sites is 1. The molecule has 2 heterocycles. The highest BCUT2D eigenvalue weighted by Crippen LogP contribution is 2.18. The molecule has 3 rings (SSSR count). The fourth-order valence-electron chi connectivity index (χ4n) is 2.60. The van der Waals surface area contributed by atoms with Crippen LogP contribution < -0.4 is 9.47 Å². The van der Waals surface area contributed by atoms with E-state index in [-0.39, 0.29) is 24.4 Å². The standard InChI is InChI=1S/C18H19FN2O3/c1-13-5-4-8-17(20-13)24-14-9-10-21(11-14)18(22)12-23-16-7-3-2-6-15(16)19/h2-8,14H,9-12H2,1H3. The molecule has 1 atom stereocenters. The van der Waals surface area contributed by atoms with Crippen molar-refractivity contribution in [1.82, 2.24) is 9.88 Å². The molecule has 0 bridgehead atoms. The van der Waals surface area contributed by atoms with Crippen molar-refractivity contribution < 1.29 is 18.7 Å². The van der Waals surface area contributed by atoms with E-state index in [0.717, 1.165) is 12.1 Å². The molecular weight excluding hydrogens is 311 g/mol. The first kappa shape index (κ1) is 16.2. The Kier molecular flexibility index (Phi) is 4.93. The van der Waals surface area contributed by atoms with Crippen LogP contribution in [0.15, 0.2) is 42.5 Å². The van der Waals surface area contributed by atoms with Crippen LogP contribution in [0.5, 0.6) is 11.6 Å². The van der Waals surface area contributed by atoms with Crippen LogP contribution in [0.3, 0.4) is 0 Å². The van der Waals surface area contributed by atoms with Crippen LogP contribution in [0.4, 0.5) is 4.39 Å². The molecule has 1 aliphatic heterocycles. The Hall–Kier alpha value is -2.63. The van der Waals surface area contributed by atoms with Gasteiger partial charge in [-0.05, 0) is 25.1 Å². The number of benzene rings is 1. The van der Waals surface area contributed by atoms with Crippen LogP contribution in [0.25, 0.3) is 0 Å². The number of pyridine rings is 1. The molecule has 0 radical (unpaired) electrons. The summed E-state index contributed by atoms with van der Waals surface area (Å²) >= 11 is 0. The van der Waals surface area contributed by atoms with Gasteiger partial charge in [-0.25, -0.2) is 9.37 Å². The van der Waals surface area contributed by atoms with Crippen LogP contribution in [-0.4, -0.2) is 41.6 Å². The lowest BCUT2D eigenvalue weighted by atomic mass is 10.3. The van der Waals surface area contributed by atoms with E-state index < -0.39 is 5.82 Å². The summed E-state index contributed by atoms with van der Waals surface area (Å²) in [5.74, 6) is -0.00118. The van der Waals surface area contributed by atoms with E-state index in [1.54, 1.807) is 23.1 Å². The summed E-state index contributed by atoms with van der Waals surface area (Å²) < 4.78 is 24.6. The van der Waals surface area contributed by atoms with Gasteiger partial charge in [-0.2, -0.15) is 0 Å². The minimum absolute atomic E-state index is 0.0850. The molecule has 1 fully saturated rings. The largest absolute Gasteiger partial charge is 0.481 e. The molecule has 1 aliphatic rings. The summed E-state index contributed by atoms with van der Waals surface area (Å²) in [4.78, 5) is 18.2. The predicted octanol–water partition coefficient (Wildman–Crippen LogP) is 2.59. The number of aromatic nitrogens is 1. The van der Waals surface area contributed by atoms with E-state index in [2.05, 4.69) is 4.98 Å². The molecule has 0 N–H and O–H groups in total. The zero-order valence-electron chi connectivity index (χ0n) is 13.4. The summed E-state index contributed by atoms with van der Waals surface area (Å²) in [7, 11) is 0. The minimum Gasteiger partial charge on any atom is -0.481 e.